The largest absolute Gasteiger partial charge is 0.416 e. The Morgan fingerprint density at radius 3 is 2.59 bits per heavy atom. The maximum Gasteiger partial charge on any atom is 0.416 e. The molecule has 0 aliphatic carbocycles. The molecule has 2 heterocycles. The van der Waals surface area contributed by atoms with E-state index in [1.807, 2.05) is 0 Å². The first-order chi connectivity index (χ1) is 16.0. The fourth-order valence-electron chi connectivity index (χ4n) is 3.38. The number of anilines is 4. The number of carbonyl (C=O) groups excluding carboxylic acids is 2. The van der Waals surface area contributed by atoms with Crippen LogP contribution in [-0.2, 0) is 15.8 Å². The number of nitrogens with one attached hydrogen (secondary N) is 4. The van der Waals surface area contributed by atoms with Gasteiger partial charge in [-0.2, -0.15) is 18.2 Å². The van der Waals surface area contributed by atoms with E-state index in [0.717, 1.165) is 12.1 Å². The van der Waals surface area contributed by atoms with Crippen LogP contribution in [0.5, 0.6) is 0 Å². The predicted molar refractivity (Wildman–Crippen MR) is 121 cm³/mol. The van der Waals surface area contributed by atoms with E-state index in [0.29, 0.717) is 0 Å². The summed E-state index contributed by atoms with van der Waals surface area (Å²) < 4.78 is 38.9. The van der Waals surface area contributed by atoms with Gasteiger partial charge in [0.25, 0.3) is 5.56 Å². The predicted octanol–water partition coefficient (Wildman–Crippen LogP) is 4.90. The van der Waals surface area contributed by atoms with Crippen LogP contribution in [0.2, 0.25) is 10.0 Å². The topological polar surface area (TPSA) is 116 Å². The van der Waals surface area contributed by atoms with Gasteiger partial charge in [0, 0.05) is 12.1 Å². The maximum atomic E-state index is 13.0. The highest BCUT2D eigenvalue weighted by Crippen LogP contribution is 2.34. The Morgan fingerprint density at radius 2 is 1.85 bits per heavy atom. The molecular formula is C21H14Cl2F3N5O3. The monoisotopic (exact) mass is 511 g/mol. The molecule has 2 amide bonds. The van der Waals surface area contributed by atoms with E-state index in [1.165, 1.54) is 24.3 Å². The van der Waals surface area contributed by atoms with Gasteiger partial charge in [0.2, 0.25) is 17.8 Å². The molecule has 0 saturated carbocycles. The Labute approximate surface area is 199 Å². The zero-order chi connectivity index (χ0) is 24.6. The van der Waals surface area contributed by atoms with Crippen molar-refractivity contribution in [2.45, 2.75) is 18.5 Å². The maximum absolute atomic E-state index is 13.0. The van der Waals surface area contributed by atoms with Crippen molar-refractivity contribution in [1.29, 1.82) is 0 Å². The average molecular weight is 512 g/mol. The standard InChI is InChI=1S/C21H14Cl2F3N5O3/c22-12-5-2-6-13(16(12)23)28-18(33)11-8-14(32)29-17-15(11)19(34)31-20(30-17)27-10-4-1-3-9(7-10)21(24,25)26/h1-7,11H,8H2,(H,28,33)(H3,27,29,30,31,32,34)/t11-/m0/s1. The molecule has 1 aromatic heterocycles. The van der Waals surface area contributed by atoms with Crippen LogP contribution in [0.4, 0.5) is 36.3 Å². The molecule has 4 rings (SSSR count). The number of fused-ring (bicyclic) bond motifs is 1. The molecule has 1 aliphatic rings. The molecular weight excluding hydrogens is 498 g/mol. The van der Waals surface area contributed by atoms with Crippen molar-refractivity contribution in [3.63, 3.8) is 0 Å². The molecule has 0 spiro atoms. The van der Waals surface area contributed by atoms with Gasteiger partial charge in [0.05, 0.1) is 32.8 Å². The highest BCUT2D eigenvalue weighted by Gasteiger charge is 2.35. The van der Waals surface area contributed by atoms with E-state index in [4.69, 9.17) is 23.2 Å². The number of aromatic nitrogens is 2. The Balaban J connectivity index is 1.64. The minimum atomic E-state index is -4.56. The van der Waals surface area contributed by atoms with Crippen molar-refractivity contribution in [2.75, 3.05) is 16.0 Å². The Morgan fingerprint density at radius 1 is 1.12 bits per heavy atom. The molecule has 3 aromatic rings. The number of aromatic amines is 1. The summed E-state index contributed by atoms with van der Waals surface area (Å²) >= 11 is 12.0. The Bertz CT molecular complexity index is 1360. The second-order valence-corrected chi connectivity index (χ2v) is 8.06. The smallest absolute Gasteiger partial charge is 0.326 e. The van der Waals surface area contributed by atoms with Crippen LogP contribution in [0, 0.1) is 0 Å². The molecule has 4 N–H and O–H groups in total. The van der Waals surface area contributed by atoms with Crippen LogP contribution in [0.25, 0.3) is 0 Å². The third kappa shape index (κ3) is 4.85. The highest BCUT2D eigenvalue weighted by molar-refractivity contribution is 6.44. The number of alkyl halides is 3. The molecule has 0 fully saturated rings. The van der Waals surface area contributed by atoms with Crippen LogP contribution in [0.3, 0.4) is 0 Å². The van der Waals surface area contributed by atoms with Crippen molar-refractivity contribution in [3.05, 3.63) is 74.0 Å². The lowest BCUT2D eigenvalue weighted by Crippen LogP contribution is -2.36. The van der Waals surface area contributed by atoms with Gasteiger partial charge in [-0.3, -0.25) is 19.4 Å². The van der Waals surface area contributed by atoms with Crippen molar-refractivity contribution >= 4 is 58.2 Å². The second-order valence-electron chi connectivity index (χ2n) is 7.28. The molecule has 2 aromatic carbocycles. The van der Waals surface area contributed by atoms with E-state index in [9.17, 15) is 27.6 Å². The third-order valence-corrected chi connectivity index (χ3v) is 5.75. The molecule has 0 radical (unpaired) electrons. The molecule has 13 heteroatoms. The molecule has 1 aliphatic heterocycles. The number of hydrogen-bond acceptors (Lipinski definition) is 5. The van der Waals surface area contributed by atoms with Crippen molar-refractivity contribution in [3.8, 4) is 0 Å². The van der Waals surface area contributed by atoms with E-state index >= 15 is 0 Å². The average Bonchev–Trinajstić information content (AvgIpc) is 2.75. The zero-order valence-corrected chi connectivity index (χ0v) is 18.4. The first-order valence-electron chi connectivity index (χ1n) is 9.66. The lowest BCUT2D eigenvalue weighted by molar-refractivity contribution is -0.137. The summed E-state index contributed by atoms with van der Waals surface area (Å²) in [5.74, 6) is -2.87. The normalized spacial score (nSPS) is 15.3. The molecule has 0 saturated heterocycles. The summed E-state index contributed by atoms with van der Waals surface area (Å²) in [5, 5.41) is 7.82. The van der Waals surface area contributed by atoms with Crippen molar-refractivity contribution < 1.29 is 22.8 Å². The van der Waals surface area contributed by atoms with E-state index < -0.39 is 35.0 Å². The lowest BCUT2D eigenvalue weighted by Gasteiger charge is -2.24. The quantitative estimate of drug-likeness (QED) is 0.397. The first kappa shape index (κ1) is 23.6. The summed E-state index contributed by atoms with van der Waals surface area (Å²) in [4.78, 5) is 44.4. The molecule has 1 atom stereocenters. The minimum absolute atomic E-state index is 0.00459. The van der Waals surface area contributed by atoms with Gasteiger partial charge in [-0.15, -0.1) is 0 Å². The van der Waals surface area contributed by atoms with Gasteiger partial charge in [0.1, 0.15) is 5.82 Å². The number of rotatable bonds is 4. The fraction of sp³-hybridized carbons (Fsp3) is 0.143. The minimum Gasteiger partial charge on any atom is -0.326 e. The van der Waals surface area contributed by atoms with Gasteiger partial charge in [-0.05, 0) is 30.3 Å². The van der Waals surface area contributed by atoms with Crippen LogP contribution in [-0.4, -0.2) is 21.8 Å². The molecule has 8 nitrogen and oxygen atoms in total. The van der Waals surface area contributed by atoms with Crippen LogP contribution in [0.15, 0.2) is 47.3 Å². The second kappa shape index (κ2) is 8.99. The number of amides is 2. The molecule has 0 unspecified atom stereocenters. The van der Waals surface area contributed by atoms with Gasteiger partial charge in [-0.1, -0.05) is 35.3 Å². The Hall–Kier alpha value is -3.57. The number of halogens is 5. The highest BCUT2D eigenvalue weighted by atomic mass is 35.5. The van der Waals surface area contributed by atoms with E-state index in [-0.39, 0.29) is 45.2 Å². The summed E-state index contributed by atoms with van der Waals surface area (Å²) in [5.41, 5.74) is -1.56. The van der Waals surface area contributed by atoms with E-state index in [2.05, 4.69) is 25.9 Å². The van der Waals surface area contributed by atoms with Gasteiger partial charge in [0.15, 0.2) is 0 Å². The van der Waals surface area contributed by atoms with E-state index in [1.54, 1.807) is 6.07 Å². The van der Waals surface area contributed by atoms with Crippen molar-refractivity contribution in [2.24, 2.45) is 0 Å². The van der Waals surface area contributed by atoms with Gasteiger partial charge < -0.3 is 16.0 Å². The summed E-state index contributed by atoms with van der Waals surface area (Å²) in [7, 11) is 0. The number of benzene rings is 2. The number of carbonyl (C=O) groups is 2. The van der Waals surface area contributed by atoms with Gasteiger partial charge >= 0.3 is 6.18 Å². The summed E-state index contributed by atoms with van der Waals surface area (Å²) in [6, 6.07) is 8.85. The molecule has 176 valence electrons. The van der Waals surface area contributed by atoms with Crippen LogP contribution >= 0.6 is 23.2 Å². The SMILES string of the molecule is O=C1C[C@H](C(=O)Nc2cccc(Cl)c2Cl)c2c(nc(Nc3cccc(C(F)(F)F)c3)[nH]c2=O)N1. The zero-order valence-electron chi connectivity index (χ0n) is 16.9. The molecule has 34 heavy (non-hydrogen) atoms. The first-order valence-corrected chi connectivity index (χ1v) is 10.4. The van der Waals surface area contributed by atoms with Crippen LogP contribution < -0.4 is 21.5 Å². The van der Waals surface area contributed by atoms with Gasteiger partial charge in [-0.25, -0.2) is 0 Å². The fourth-order valence-corrected chi connectivity index (χ4v) is 3.73. The number of H-pyrrole nitrogens is 1. The summed E-state index contributed by atoms with van der Waals surface area (Å²) in [6.45, 7) is 0. The number of hydrogen-bond donors (Lipinski definition) is 4. The number of nitrogens with zero attached hydrogens (tertiary/aromatic N) is 1. The Kier molecular flexibility index (Phi) is 6.24. The van der Waals surface area contributed by atoms with Crippen LogP contribution in [0.1, 0.15) is 23.5 Å². The molecule has 0 bridgehead atoms. The third-order valence-electron chi connectivity index (χ3n) is 4.93. The van der Waals surface area contributed by atoms with Crippen molar-refractivity contribution in [1.82, 2.24) is 9.97 Å². The lowest BCUT2D eigenvalue weighted by atomic mass is 9.92. The summed E-state index contributed by atoms with van der Waals surface area (Å²) in [6.07, 6.45) is -4.89.